The molecule has 1 aromatic heterocycles. The summed E-state index contributed by atoms with van der Waals surface area (Å²) < 4.78 is 1.14. The minimum atomic E-state index is 0.0293. The zero-order valence-corrected chi connectivity index (χ0v) is 17.3. The van der Waals surface area contributed by atoms with Gasteiger partial charge >= 0.3 is 0 Å². The van der Waals surface area contributed by atoms with Crippen molar-refractivity contribution < 1.29 is 4.79 Å². The van der Waals surface area contributed by atoms with Crippen molar-refractivity contribution in [3.8, 4) is 0 Å². The molecule has 3 rings (SSSR count). The van der Waals surface area contributed by atoms with Gasteiger partial charge in [-0.1, -0.05) is 42.5 Å². The molecule has 0 aliphatic heterocycles. The van der Waals surface area contributed by atoms with E-state index < -0.39 is 0 Å². The van der Waals surface area contributed by atoms with Gasteiger partial charge in [0.05, 0.1) is 10.2 Å². The van der Waals surface area contributed by atoms with Crippen LogP contribution in [0.3, 0.4) is 0 Å². The number of anilines is 1. The number of aryl methyl sites for hydroxylation is 2. The second-order valence-corrected chi connectivity index (χ2v) is 8.09. The van der Waals surface area contributed by atoms with E-state index in [9.17, 15) is 4.79 Å². The summed E-state index contributed by atoms with van der Waals surface area (Å²) in [4.78, 5) is 22.1. The van der Waals surface area contributed by atoms with Gasteiger partial charge in [-0.05, 0) is 69.7 Å². The van der Waals surface area contributed by atoms with Crippen LogP contribution in [-0.2, 0) is 6.42 Å². The lowest BCUT2D eigenvalue weighted by molar-refractivity contribution is 0.0985. The maximum absolute atomic E-state index is 13.3. The van der Waals surface area contributed by atoms with E-state index in [0.717, 1.165) is 45.9 Å². The molecule has 0 spiro atoms. The van der Waals surface area contributed by atoms with Gasteiger partial charge in [-0.2, -0.15) is 0 Å². The summed E-state index contributed by atoms with van der Waals surface area (Å²) >= 11 is 1.60. The van der Waals surface area contributed by atoms with Crippen LogP contribution in [0.25, 0.3) is 10.2 Å². The van der Waals surface area contributed by atoms with Crippen molar-refractivity contribution in [2.45, 2.75) is 26.7 Å². The number of hydrogen-bond donors (Lipinski definition) is 0. The summed E-state index contributed by atoms with van der Waals surface area (Å²) in [5.74, 6) is 0.0293. The van der Waals surface area contributed by atoms with Gasteiger partial charge in [0.25, 0.3) is 5.91 Å². The Bertz CT molecular complexity index is 932. The molecule has 0 aliphatic carbocycles. The van der Waals surface area contributed by atoms with Crippen LogP contribution < -0.4 is 4.90 Å². The van der Waals surface area contributed by atoms with Crippen LogP contribution in [-0.4, -0.2) is 43.0 Å². The highest BCUT2D eigenvalue weighted by atomic mass is 32.1. The number of carbonyl (C=O) groups is 1. The second kappa shape index (κ2) is 8.63. The van der Waals surface area contributed by atoms with Gasteiger partial charge in [0.2, 0.25) is 0 Å². The van der Waals surface area contributed by atoms with E-state index in [0.29, 0.717) is 6.54 Å². The molecule has 4 nitrogen and oxygen atoms in total. The molecule has 1 amide bonds. The molecule has 3 aromatic rings. The normalized spacial score (nSPS) is 11.3. The Morgan fingerprint density at radius 3 is 2.59 bits per heavy atom. The third-order valence-electron chi connectivity index (χ3n) is 4.69. The fourth-order valence-electron chi connectivity index (χ4n) is 3.08. The SMILES string of the molecule is CCc1ccc2nc(N(CCCN(C)C)C(=O)c3ccccc3C)sc2c1. The topological polar surface area (TPSA) is 36.4 Å². The molecule has 0 bridgehead atoms. The predicted molar refractivity (Wildman–Crippen MR) is 115 cm³/mol. The lowest BCUT2D eigenvalue weighted by atomic mass is 10.1. The maximum Gasteiger partial charge on any atom is 0.260 e. The van der Waals surface area contributed by atoms with E-state index in [2.05, 4.69) is 44.1 Å². The number of nitrogens with zero attached hydrogens (tertiary/aromatic N) is 3. The minimum absolute atomic E-state index is 0.0293. The number of benzene rings is 2. The van der Waals surface area contributed by atoms with E-state index in [1.807, 2.05) is 36.1 Å². The number of hydrogen-bond acceptors (Lipinski definition) is 4. The number of fused-ring (bicyclic) bond motifs is 1. The van der Waals surface area contributed by atoms with Crippen LogP contribution in [0.5, 0.6) is 0 Å². The van der Waals surface area contributed by atoms with Gasteiger partial charge in [-0.3, -0.25) is 9.69 Å². The van der Waals surface area contributed by atoms with Crippen molar-refractivity contribution in [1.82, 2.24) is 9.88 Å². The first-order valence-corrected chi connectivity index (χ1v) is 10.2. The molecular formula is C22H27N3OS. The summed E-state index contributed by atoms with van der Waals surface area (Å²) in [6, 6.07) is 14.1. The van der Waals surface area contributed by atoms with E-state index in [4.69, 9.17) is 4.98 Å². The van der Waals surface area contributed by atoms with Gasteiger partial charge in [0, 0.05) is 12.1 Å². The fourth-order valence-corrected chi connectivity index (χ4v) is 4.13. The van der Waals surface area contributed by atoms with Crippen LogP contribution in [0.1, 0.15) is 34.8 Å². The average Bonchev–Trinajstić information content (AvgIpc) is 3.07. The Balaban J connectivity index is 1.96. The van der Waals surface area contributed by atoms with E-state index in [1.165, 1.54) is 5.56 Å². The highest BCUT2D eigenvalue weighted by Crippen LogP contribution is 2.31. The smallest absolute Gasteiger partial charge is 0.260 e. The number of aromatic nitrogens is 1. The van der Waals surface area contributed by atoms with Crippen molar-refractivity contribution in [1.29, 1.82) is 0 Å². The molecule has 2 aromatic carbocycles. The zero-order chi connectivity index (χ0) is 19.4. The van der Waals surface area contributed by atoms with Crippen LogP contribution >= 0.6 is 11.3 Å². The predicted octanol–water partition coefficient (Wildman–Crippen LogP) is 4.77. The summed E-state index contributed by atoms with van der Waals surface area (Å²) in [6.07, 6.45) is 1.90. The van der Waals surface area contributed by atoms with Crippen molar-refractivity contribution in [2.75, 3.05) is 32.1 Å². The Morgan fingerprint density at radius 1 is 1.11 bits per heavy atom. The standard InChI is InChI=1S/C22H27N3OS/c1-5-17-11-12-19-20(15-17)27-22(23-19)25(14-8-13-24(3)4)21(26)18-10-7-6-9-16(18)2/h6-7,9-12,15H,5,8,13-14H2,1-4H3. The van der Waals surface area contributed by atoms with Crippen molar-refractivity contribution in [3.05, 3.63) is 59.2 Å². The third-order valence-corrected chi connectivity index (χ3v) is 5.73. The quantitative estimate of drug-likeness (QED) is 0.592. The molecule has 27 heavy (non-hydrogen) atoms. The molecule has 0 saturated heterocycles. The molecule has 0 saturated carbocycles. The second-order valence-electron chi connectivity index (χ2n) is 7.08. The molecule has 142 valence electrons. The molecule has 0 radical (unpaired) electrons. The minimum Gasteiger partial charge on any atom is -0.309 e. The first-order valence-electron chi connectivity index (χ1n) is 9.41. The fraction of sp³-hybridized carbons (Fsp3) is 0.364. The lowest BCUT2D eigenvalue weighted by Crippen LogP contribution is -2.33. The molecule has 0 aliphatic rings. The highest BCUT2D eigenvalue weighted by molar-refractivity contribution is 7.22. The van der Waals surface area contributed by atoms with E-state index >= 15 is 0 Å². The summed E-state index contributed by atoms with van der Waals surface area (Å²) in [5, 5.41) is 0.783. The van der Waals surface area contributed by atoms with Crippen LogP contribution in [0, 0.1) is 6.92 Å². The third kappa shape index (κ3) is 4.54. The Kier molecular flexibility index (Phi) is 6.24. The maximum atomic E-state index is 13.3. The summed E-state index contributed by atoms with van der Waals surface area (Å²) in [5.41, 5.74) is 4.00. The first kappa shape index (κ1) is 19.5. The molecule has 1 heterocycles. The molecule has 0 atom stereocenters. The highest BCUT2D eigenvalue weighted by Gasteiger charge is 2.22. The van der Waals surface area contributed by atoms with Gasteiger partial charge < -0.3 is 4.90 Å². The number of thiazole rings is 1. The molecular weight excluding hydrogens is 354 g/mol. The van der Waals surface area contributed by atoms with Crippen LogP contribution in [0.15, 0.2) is 42.5 Å². The average molecular weight is 382 g/mol. The number of amides is 1. The van der Waals surface area contributed by atoms with Gasteiger partial charge in [-0.25, -0.2) is 4.98 Å². The van der Waals surface area contributed by atoms with Crippen molar-refractivity contribution in [3.63, 3.8) is 0 Å². The van der Waals surface area contributed by atoms with Crippen molar-refractivity contribution in [2.24, 2.45) is 0 Å². The molecule has 0 fully saturated rings. The zero-order valence-electron chi connectivity index (χ0n) is 16.5. The Morgan fingerprint density at radius 2 is 1.89 bits per heavy atom. The monoisotopic (exact) mass is 381 g/mol. The van der Waals surface area contributed by atoms with Gasteiger partial charge in [-0.15, -0.1) is 0 Å². The molecule has 5 heteroatoms. The van der Waals surface area contributed by atoms with E-state index in [-0.39, 0.29) is 5.91 Å². The van der Waals surface area contributed by atoms with Gasteiger partial charge in [0.15, 0.2) is 5.13 Å². The summed E-state index contributed by atoms with van der Waals surface area (Å²) in [7, 11) is 4.11. The van der Waals surface area contributed by atoms with Crippen molar-refractivity contribution >= 4 is 32.6 Å². The summed E-state index contributed by atoms with van der Waals surface area (Å²) in [6.45, 7) is 5.73. The molecule has 0 N–H and O–H groups in total. The number of rotatable bonds is 7. The largest absolute Gasteiger partial charge is 0.309 e. The molecule has 0 unspecified atom stereocenters. The Hall–Kier alpha value is -2.24. The number of carbonyl (C=O) groups excluding carboxylic acids is 1. The first-order chi connectivity index (χ1) is 13.0. The van der Waals surface area contributed by atoms with E-state index in [1.54, 1.807) is 11.3 Å². The van der Waals surface area contributed by atoms with Gasteiger partial charge in [0.1, 0.15) is 0 Å². The van der Waals surface area contributed by atoms with Crippen LogP contribution in [0.2, 0.25) is 0 Å². The lowest BCUT2D eigenvalue weighted by Gasteiger charge is -2.21. The van der Waals surface area contributed by atoms with Crippen LogP contribution in [0.4, 0.5) is 5.13 Å². The Labute approximate surface area is 165 Å².